The minimum absolute atomic E-state index is 0.0191. The number of carbonyl (C=O) groups excluding carboxylic acids is 1. The summed E-state index contributed by atoms with van der Waals surface area (Å²) in [5, 5.41) is 4.15. The molecule has 4 heterocycles. The summed E-state index contributed by atoms with van der Waals surface area (Å²) in [5.41, 5.74) is 2.30. The highest BCUT2D eigenvalue weighted by Gasteiger charge is 2.20. The molecular formula is C26H29N5OS. The molecule has 1 saturated heterocycles. The normalized spacial score (nSPS) is 15.2. The summed E-state index contributed by atoms with van der Waals surface area (Å²) in [5.74, 6) is -0.0191. The number of fused-ring (bicyclic) bond motifs is 1. The largest absolute Gasteiger partial charge is 0.351 e. The lowest BCUT2D eigenvalue weighted by atomic mass is 10.2. The molecule has 1 aliphatic heterocycles. The Labute approximate surface area is 198 Å². The third kappa shape index (κ3) is 5.16. The van der Waals surface area contributed by atoms with Gasteiger partial charge in [0, 0.05) is 63.2 Å². The van der Waals surface area contributed by atoms with Crippen LogP contribution in [-0.4, -0.2) is 64.5 Å². The minimum atomic E-state index is -0.0191. The number of thiophene rings is 1. The topological polar surface area (TPSA) is 53.4 Å². The molecule has 0 spiro atoms. The van der Waals surface area contributed by atoms with Crippen LogP contribution in [0.15, 0.2) is 73.2 Å². The van der Waals surface area contributed by atoms with Crippen LogP contribution < -0.4 is 5.32 Å². The van der Waals surface area contributed by atoms with Crippen molar-refractivity contribution in [1.29, 1.82) is 0 Å². The third-order valence-corrected chi connectivity index (χ3v) is 7.26. The maximum Gasteiger partial charge on any atom is 0.263 e. The molecule has 0 saturated carbocycles. The van der Waals surface area contributed by atoms with Gasteiger partial charge in [-0.05, 0) is 42.8 Å². The van der Waals surface area contributed by atoms with Gasteiger partial charge in [0.2, 0.25) is 0 Å². The van der Waals surface area contributed by atoms with E-state index >= 15 is 0 Å². The van der Waals surface area contributed by atoms with Crippen molar-refractivity contribution in [2.24, 2.45) is 0 Å². The van der Waals surface area contributed by atoms with Gasteiger partial charge in [-0.3, -0.25) is 9.69 Å². The van der Waals surface area contributed by atoms with E-state index in [0.717, 1.165) is 66.5 Å². The van der Waals surface area contributed by atoms with Gasteiger partial charge >= 0.3 is 0 Å². The van der Waals surface area contributed by atoms with Gasteiger partial charge in [0.25, 0.3) is 5.91 Å². The van der Waals surface area contributed by atoms with E-state index in [4.69, 9.17) is 0 Å². The number of hydrogen-bond acceptors (Lipinski definition) is 5. The lowest BCUT2D eigenvalue weighted by molar-refractivity contribution is 0.0951. The monoisotopic (exact) mass is 459 g/mol. The second-order valence-corrected chi connectivity index (χ2v) is 9.44. The maximum atomic E-state index is 13.0. The highest BCUT2D eigenvalue weighted by Crippen LogP contribution is 2.32. The number of nitrogens with zero attached hydrogens (tertiary/aromatic N) is 4. The second kappa shape index (κ2) is 10.3. The lowest BCUT2D eigenvalue weighted by Crippen LogP contribution is -2.46. The summed E-state index contributed by atoms with van der Waals surface area (Å²) in [6, 6.07) is 18.6. The van der Waals surface area contributed by atoms with E-state index in [1.54, 1.807) is 6.20 Å². The average Bonchev–Trinajstić information content (AvgIpc) is 3.51. The SMILES string of the molecule is O=C(NCCCN1CCN(Cc2ccccc2)CC1)c1sc2ncccc2c1-n1cccc1. The fraction of sp³-hybridized carbons (Fsp3) is 0.308. The van der Waals surface area contributed by atoms with Gasteiger partial charge in [-0.25, -0.2) is 4.98 Å². The molecule has 1 N–H and O–H groups in total. The van der Waals surface area contributed by atoms with Gasteiger partial charge in [0.15, 0.2) is 0 Å². The van der Waals surface area contributed by atoms with Crippen LogP contribution in [0.4, 0.5) is 0 Å². The Morgan fingerprint density at radius 1 is 0.939 bits per heavy atom. The minimum Gasteiger partial charge on any atom is -0.351 e. The molecule has 1 fully saturated rings. The summed E-state index contributed by atoms with van der Waals surface area (Å²) < 4.78 is 2.00. The van der Waals surface area contributed by atoms with Crippen molar-refractivity contribution >= 4 is 27.5 Å². The number of rotatable bonds is 8. The number of piperazine rings is 1. The number of benzene rings is 1. The van der Waals surface area contributed by atoms with E-state index < -0.39 is 0 Å². The van der Waals surface area contributed by atoms with Crippen molar-refractivity contribution in [3.63, 3.8) is 0 Å². The zero-order valence-electron chi connectivity index (χ0n) is 18.7. The van der Waals surface area contributed by atoms with Crippen molar-refractivity contribution in [3.8, 4) is 5.69 Å². The van der Waals surface area contributed by atoms with Crippen molar-refractivity contribution in [3.05, 3.63) is 83.6 Å². The molecule has 0 atom stereocenters. The highest BCUT2D eigenvalue weighted by molar-refractivity contribution is 7.21. The van der Waals surface area contributed by atoms with E-state index in [-0.39, 0.29) is 5.91 Å². The van der Waals surface area contributed by atoms with Gasteiger partial charge in [-0.15, -0.1) is 11.3 Å². The zero-order valence-corrected chi connectivity index (χ0v) is 19.5. The molecule has 5 rings (SSSR count). The molecule has 0 unspecified atom stereocenters. The predicted molar refractivity (Wildman–Crippen MR) is 134 cm³/mol. The van der Waals surface area contributed by atoms with Crippen molar-refractivity contribution < 1.29 is 4.79 Å². The maximum absolute atomic E-state index is 13.0. The molecule has 170 valence electrons. The van der Waals surface area contributed by atoms with E-state index in [9.17, 15) is 4.79 Å². The van der Waals surface area contributed by atoms with Crippen LogP contribution in [0.5, 0.6) is 0 Å². The molecule has 1 aromatic carbocycles. The Morgan fingerprint density at radius 3 is 2.48 bits per heavy atom. The van der Waals surface area contributed by atoms with Gasteiger partial charge in [0.1, 0.15) is 9.71 Å². The van der Waals surface area contributed by atoms with E-state index in [1.807, 2.05) is 41.2 Å². The van der Waals surface area contributed by atoms with Crippen LogP contribution in [-0.2, 0) is 6.54 Å². The Hall–Kier alpha value is -3.00. The lowest BCUT2D eigenvalue weighted by Gasteiger charge is -2.34. The van der Waals surface area contributed by atoms with Gasteiger partial charge in [-0.1, -0.05) is 30.3 Å². The fourth-order valence-corrected chi connectivity index (χ4v) is 5.47. The second-order valence-electron chi connectivity index (χ2n) is 8.44. The van der Waals surface area contributed by atoms with E-state index in [1.165, 1.54) is 16.9 Å². The Bertz CT molecular complexity index is 1180. The van der Waals surface area contributed by atoms with E-state index in [2.05, 4.69) is 50.4 Å². The zero-order chi connectivity index (χ0) is 22.5. The van der Waals surface area contributed by atoms with Crippen molar-refractivity contribution in [1.82, 2.24) is 24.7 Å². The van der Waals surface area contributed by atoms with Crippen LogP contribution in [0.25, 0.3) is 15.9 Å². The van der Waals surface area contributed by atoms with E-state index in [0.29, 0.717) is 6.54 Å². The first-order valence-corrected chi connectivity index (χ1v) is 12.4. The number of aromatic nitrogens is 2. The fourth-order valence-electron chi connectivity index (χ4n) is 4.41. The van der Waals surface area contributed by atoms with Crippen LogP contribution >= 0.6 is 11.3 Å². The first-order valence-electron chi connectivity index (χ1n) is 11.6. The predicted octanol–water partition coefficient (Wildman–Crippen LogP) is 4.02. The highest BCUT2D eigenvalue weighted by atomic mass is 32.1. The Kier molecular flexibility index (Phi) is 6.81. The molecule has 1 amide bonds. The number of carbonyl (C=O) groups is 1. The molecule has 0 radical (unpaired) electrons. The molecule has 7 heteroatoms. The number of hydrogen-bond donors (Lipinski definition) is 1. The number of pyridine rings is 1. The first-order chi connectivity index (χ1) is 16.3. The smallest absolute Gasteiger partial charge is 0.263 e. The summed E-state index contributed by atoms with van der Waals surface area (Å²) >= 11 is 1.46. The number of amides is 1. The first kappa shape index (κ1) is 21.8. The quantitative estimate of drug-likeness (QED) is 0.404. The summed E-state index contributed by atoms with van der Waals surface area (Å²) in [6.07, 6.45) is 6.68. The van der Waals surface area contributed by atoms with Crippen molar-refractivity contribution in [2.75, 3.05) is 39.3 Å². The molecule has 0 bridgehead atoms. The molecule has 33 heavy (non-hydrogen) atoms. The van der Waals surface area contributed by atoms with Crippen molar-refractivity contribution in [2.45, 2.75) is 13.0 Å². The molecular weight excluding hydrogens is 430 g/mol. The molecule has 0 aliphatic carbocycles. The Balaban J connectivity index is 1.11. The molecule has 3 aromatic heterocycles. The van der Waals surface area contributed by atoms with Gasteiger partial charge in [-0.2, -0.15) is 0 Å². The Morgan fingerprint density at radius 2 is 1.70 bits per heavy atom. The summed E-state index contributed by atoms with van der Waals surface area (Å²) in [4.78, 5) is 24.1. The standard InChI is InChI=1S/C26H29N5OS/c32-25(24-23(31-14-4-5-15-31)22-10-6-11-28-26(22)33-24)27-12-7-13-29-16-18-30(19-17-29)20-21-8-2-1-3-9-21/h1-6,8-11,14-15H,7,12-13,16-20H2,(H,27,32). The summed E-state index contributed by atoms with van der Waals surface area (Å²) in [6.45, 7) is 7.07. The van der Waals surface area contributed by atoms with Crippen LogP contribution in [0, 0.1) is 0 Å². The van der Waals surface area contributed by atoms with Gasteiger partial charge < -0.3 is 14.8 Å². The van der Waals surface area contributed by atoms with Crippen LogP contribution in [0.2, 0.25) is 0 Å². The molecule has 6 nitrogen and oxygen atoms in total. The van der Waals surface area contributed by atoms with Crippen LogP contribution in [0.3, 0.4) is 0 Å². The molecule has 1 aliphatic rings. The summed E-state index contributed by atoms with van der Waals surface area (Å²) in [7, 11) is 0. The average molecular weight is 460 g/mol. The van der Waals surface area contributed by atoms with Gasteiger partial charge in [0.05, 0.1) is 5.69 Å². The number of nitrogens with one attached hydrogen (secondary N) is 1. The van der Waals surface area contributed by atoms with Crippen LogP contribution in [0.1, 0.15) is 21.7 Å². The third-order valence-electron chi connectivity index (χ3n) is 6.16. The molecule has 4 aromatic rings.